The van der Waals surface area contributed by atoms with E-state index in [2.05, 4.69) is 26.5 Å². The van der Waals surface area contributed by atoms with Gasteiger partial charge in [0.2, 0.25) is 0 Å². The van der Waals surface area contributed by atoms with Gasteiger partial charge in [-0.3, -0.25) is 4.79 Å². The highest BCUT2D eigenvalue weighted by Crippen LogP contribution is 2.28. The molecule has 0 bridgehead atoms. The Morgan fingerprint density at radius 1 is 1.06 bits per heavy atom. The fourth-order valence-corrected chi connectivity index (χ4v) is 3.06. The van der Waals surface area contributed by atoms with Crippen LogP contribution in [-0.2, 0) is 9.53 Å². The fraction of sp³-hybridized carbons (Fsp3) is 0.227. The number of halogens is 1. The zero-order chi connectivity index (χ0) is 22.2. The summed E-state index contributed by atoms with van der Waals surface area (Å²) in [5.74, 6) is 0.0802. The quantitative estimate of drug-likeness (QED) is 0.273. The second-order valence-electron chi connectivity index (χ2n) is 6.22. The molecule has 0 aliphatic carbocycles. The van der Waals surface area contributed by atoms with Crippen LogP contribution in [-0.4, -0.2) is 37.9 Å². The topological polar surface area (TPSA) is 99.4 Å². The third-order valence-corrected chi connectivity index (χ3v) is 4.49. The van der Waals surface area contributed by atoms with Crippen LogP contribution in [0.25, 0.3) is 11.0 Å². The highest BCUT2D eigenvalue weighted by Gasteiger charge is 2.12. The van der Waals surface area contributed by atoms with Gasteiger partial charge in [0.15, 0.2) is 23.9 Å². The number of benzene rings is 2. The molecular formula is C22H21BrN2O6. The van der Waals surface area contributed by atoms with E-state index < -0.39 is 11.9 Å². The van der Waals surface area contributed by atoms with E-state index in [1.54, 1.807) is 37.3 Å². The molecule has 0 fully saturated rings. The van der Waals surface area contributed by atoms with E-state index in [9.17, 15) is 9.59 Å². The lowest BCUT2D eigenvalue weighted by Gasteiger charge is -2.12. The Labute approximate surface area is 187 Å². The van der Waals surface area contributed by atoms with Gasteiger partial charge in [-0.1, -0.05) is 15.9 Å². The SMILES string of the molecule is CCOC(=O)COc1ccc(/C=N/NC(=O)c2cc3cc(Br)ccc3o2)cc1OCC. The minimum Gasteiger partial charge on any atom is -0.490 e. The predicted octanol–water partition coefficient (Wildman–Crippen LogP) is 4.30. The predicted molar refractivity (Wildman–Crippen MR) is 119 cm³/mol. The van der Waals surface area contributed by atoms with Crippen LogP contribution in [0.3, 0.4) is 0 Å². The van der Waals surface area contributed by atoms with Crippen molar-refractivity contribution in [3.8, 4) is 11.5 Å². The van der Waals surface area contributed by atoms with E-state index in [0.717, 1.165) is 9.86 Å². The summed E-state index contributed by atoms with van der Waals surface area (Å²) in [7, 11) is 0. The first kappa shape index (κ1) is 22.4. The Kier molecular flexibility index (Phi) is 7.66. The Hall–Kier alpha value is -3.33. The first-order chi connectivity index (χ1) is 15.0. The number of furan rings is 1. The molecule has 0 saturated heterocycles. The minimum absolute atomic E-state index is 0.156. The van der Waals surface area contributed by atoms with E-state index in [4.69, 9.17) is 18.6 Å². The molecule has 8 nitrogen and oxygen atoms in total. The molecule has 3 rings (SSSR count). The van der Waals surface area contributed by atoms with Crippen molar-refractivity contribution in [2.75, 3.05) is 19.8 Å². The Morgan fingerprint density at radius 2 is 1.90 bits per heavy atom. The highest BCUT2D eigenvalue weighted by atomic mass is 79.9. The van der Waals surface area contributed by atoms with E-state index in [-0.39, 0.29) is 19.0 Å². The maximum atomic E-state index is 12.3. The van der Waals surface area contributed by atoms with Crippen LogP contribution in [0, 0.1) is 0 Å². The van der Waals surface area contributed by atoms with Gasteiger partial charge in [-0.15, -0.1) is 0 Å². The number of carbonyl (C=O) groups is 2. The van der Waals surface area contributed by atoms with Crippen molar-refractivity contribution in [1.29, 1.82) is 0 Å². The first-order valence-corrected chi connectivity index (χ1v) is 10.4. The average Bonchev–Trinajstić information content (AvgIpc) is 3.17. The summed E-state index contributed by atoms with van der Waals surface area (Å²) in [4.78, 5) is 23.8. The third-order valence-electron chi connectivity index (χ3n) is 4.00. The number of hydrogen-bond acceptors (Lipinski definition) is 7. The first-order valence-electron chi connectivity index (χ1n) is 9.58. The van der Waals surface area contributed by atoms with E-state index in [0.29, 0.717) is 29.3 Å². The molecule has 0 saturated carbocycles. The third kappa shape index (κ3) is 6.08. The summed E-state index contributed by atoms with van der Waals surface area (Å²) in [5.41, 5.74) is 3.71. The molecule has 0 unspecified atom stereocenters. The van der Waals surface area contributed by atoms with Crippen LogP contribution in [0.4, 0.5) is 0 Å². The summed E-state index contributed by atoms with van der Waals surface area (Å²) in [6.45, 7) is 4.04. The van der Waals surface area contributed by atoms with Crippen LogP contribution in [0.5, 0.6) is 11.5 Å². The molecule has 162 valence electrons. The Morgan fingerprint density at radius 3 is 2.68 bits per heavy atom. The smallest absolute Gasteiger partial charge is 0.344 e. The van der Waals surface area contributed by atoms with E-state index in [1.807, 2.05) is 19.1 Å². The van der Waals surface area contributed by atoms with Crippen molar-refractivity contribution in [2.45, 2.75) is 13.8 Å². The molecule has 3 aromatic rings. The molecule has 9 heteroatoms. The number of nitrogens with one attached hydrogen (secondary N) is 1. The number of carbonyl (C=O) groups excluding carboxylic acids is 2. The van der Waals surface area contributed by atoms with Gasteiger partial charge in [-0.25, -0.2) is 10.2 Å². The molecule has 1 aromatic heterocycles. The summed E-state index contributed by atoms with van der Waals surface area (Å²) in [6.07, 6.45) is 1.47. The zero-order valence-electron chi connectivity index (χ0n) is 17.0. The molecule has 0 spiro atoms. The van der Waals surface area contributed by atoms with Gasteiger partial charge in [0.05, 0.1) is 19.4 Å². The van der Waals surface area contributed by atoms with Crippen LogP contribution in [0.15, 0.2) is 56.5 Å². The number of ether oxygens (including phenoxy) is 3. The van der Waals surface area contributed by atoms with Crippen molar-refractivity contribution >= 4 is 45.0 Å². The average molecular weight is 489 g/mol. The molecule has 0 aliphatic heterocycles. The van der Waals surface area contributed by atoms with Gasteiger partial charge < -0.3 is 18.6 Å². The lowest BCUT2D eigenvalue weighted by atomic mass is 10.2. The van der Waals surface area contributed by atoms with Crippen molar-refractivity contribution < 1.29 is 28.2 Å². The van der Waals surface area contributed by atoms with Gasteiger partial charge >= 0.3 is 11.9 Å². The Bertz CT molecular complexity index is 1110. The van der Waals surface area contributed by atoms with Gasteiger partial charge in [0.25, 0.3) is 0 Å². The molecule has 1 heterocycles. The number of rotatable bonds is 9. The molecule has 31 heavy (non-hydrogen) atoms. The van der Waals surface area contributed by atoms with Crippen molar-refractivity contribution in [3.63, 3.8) is 0 Å². The van der Waals surface area contributed by atoms with Crippen LogP contribution in [0.2, 0.25) is 0 Å². The van der Waals surface area contributed by atoms with Gasteiger partial charge in [0, 0.05) is 9.86 Å². The fourth-order valence-electron chi connectivity index (χ4n) is 2.68. The van der Waals surface area contributed by atoms with Crippen LogP contribution in [0.1, 0.15) is 30.0 Å². The maximum absolute atomic E-state index is 12.3. The van der Waals surface area contributed by atoms with Gasteiger partial charge in [0.1, 0.15) is 5.58 Å². The number of esters is 1. The number of amides is 1. The molecule has 1 amide bonds. The summed E-state index contributed by atoms with van der Waals surface area (Å²) in [6, 6.07) is 12.2. The minimum atomic E-state index is -0.469. The molecule has 0 aliphatic rings. The number of fused-ring (bicyclic) bond motifs is 1. The monoisotopic (exact) mass is 488 g/mol. The molecule has 2 aromatic carbocycles. The van der Waals surface area contributed by atoms with Crippen LogP contribution < -0.4 is 14.9 Å². The maximum Gasteiger partial charge on any atom is 0.344 e. The van der Waals surface area contributed by atoms with Gasteiger partial charge in [-0.2, -0.15) is 5.10 Å². The molecule has 1 N–H and O–H groups in total. The van der Waals surface area contributed by atoms with Crippen molar-refractivity contribution in [1.82, 2.24) is 5.43 Å². The summed E-state index contributed by atoms with van der Waals surface area (Å²) < 4.78 is 22.3. The largest absolute Gasteiger partial charge is 0.490 e. The number of hydrazone groups is 1. The summed E-state index contributed by atoms with van der Waals surface area (Å²) in [5, 5.41) is 4.78. The molecule has 0 atom stereocenters. The highest BCUT2D eigenvalue weighted by molar-refractivity contribution is 9.10. The van der Waals surface area contributed by atoms with E-state index >= 15 is 0 Å². The Balaban J connectivity index is 1.65. The molecular weight excluding hydrogens is 468 g/mol. The number of hydrogen-bond donors (Lipinski definition) is 1. The lowest BCUT2D eigenvalue weighted by molar-refractivity contribution is -0.145. The second-order valence-corrected chi connectivity index (χ2v) is 7.14. The second kappa shape index (κ2) is 10.6. The summed E-state index contributed by atoms with van der Waals surface area (Å²) >= 11 is 3.38. The molecule has 0 radical (unpaired) electrons. The van der Waals surface area contributed by atoms with Crippen molar-refractivity contribution in [2.24, 2.45) is 5.10 Å². The lowest BCUT2D eigenvalue weighted by Crippen LogP contribution is -2.16. The van der Waals surface area contributed by atoms with Gasteiger partial charge in [-0.05, 0) is 61.9 Å². The van der Waals surface area contributed by atoms with Crippen LogP contribution >= 0.6 is 15.9 Å². The van der Waals surface area contributed by atoms with Crippen molar-refractivity contribution in [3.05, 3.63) is 58.3 Å². The number of nitrogens with zero attached hydrogens (tertiary/aromatic N) is 1. The standard InChI is InChI=1S/C22H21BrN2O6/c1-3-28-19-9-14(5-7-18(19)30-13-21(26)29-4-2)12-24-25-22(27)20-11-15-10-16(23)6-8-17(15)31-20/h5-12H,3-4,13H2,1-2H3,(H,25,27)/b24-12+. The zero-order valence-corrected chi connectivity index (χ0v) is 18.6. The normalized spacial score (nSPS) is 10.9. The van der Waals surface area contributed by atoms with E-state index in [1.165, 1.54) is 6.21 Å².